The van der Waals surface area contributed by atoms with Gasteiger partial charge in [-0.05, 0) is 64.2 Å². The minimum atomic E-state index is -1.29. The molecule has 1 aromatic rings. The molecule has 5 atom stereocenters. The Labute approximate surface area is 201 Å². The van der Waals surface area contributed by atoms with E-state index < -0.39 is 36.3 Å². The molecule has 0 aliphatic heterocycles. The summed E-state index contributed by atoms with van der Waals surface area (Å²) in [7, 11) is 0. The maximum Gasteiger partial charge on any atom is 0.408 e. The van der Waals surface area contributed by atoms with Gasteiger partial charge in [0.25, 0.3) is 0 Å². The minimum absolute atomic E-state index is 0.0289. The molecule has 2 rings (SSSR count). The van der Waals surface area contributed by atoms with Crippen molar-refractivity contribution in [1.82, 2.24) is 15.5 Å². The maximum atomic E-state index is 13.7. The van der Waals surface area contributed by atoms with Crippen LogP contribution in [0.3, 0.4) is 0 Å². The summed E-state index contributed by atoms with van der Waals surface area (Å²) in [6.45, 7) is 10.3. The fraction of sp³-hybridized carbons (Fsp3) is 0.640. The van der Waals surface area contributed by atoms with Gasteiger partial charge in [0.05, 0.1) is 6.61 Å². The molecule has 9 nitrogen and oxygen atoms in total. The number of carbonyl (C=O) groups excluding carboxylic acids is 3. The van der Waals surface area contributed by atoms with Crippen molar-refractivity contribution in [2.45, 2.75) is 90.6 Å². The van der Waals surface area contributed by atoms with Gasteiger partial charge in [-0.2, -0.15) is 0 Å². The molecule has 1 aliphatic rings. The molecule has 5 unspecified atom stereocenters. The van der Waals surface area contributed by atoms with E-state index >= 15 is 0 Å². The molecule has 0 heterocycles. The Morgan fingerprint density at radius 2 is 1.88 bits per heavy atom. The number of aromatic hydroxyl groups is 1. The summed E-state index contributed by atoms with van der Waals surface area (Å²) in [6, 6.07) is 3.55. The zero-order valence-electron chi connectivity index (χ0n) is 21.0. The predicted molar refractivity (Wildman–Crippen MR) is 128 cm³/mol. The number of nitrogens with zero attached hydrogens (tertiary/aromatic N) is 1. The molecule has 0 bridgehead atoms. The van der Waals surface area contributed by atoms with Crippen molar-refractivity contribution in [3.8, 4) is 5.75 Å². The molecule has 3 amide bonds. The van der Waals surface area contributed by atoms with E-state index in [1.807, 2.05) is 20.8 Å². The van der Waals surface area contributed by atoms with Crippen molar-refractivity contribution in [3.63, 3.8) is 0 Å². The predicted octanol–water partition coefficient (Wildman–Crippen LogP) is 2.86. The van der Waals surface area contributed by atoms with E-state index in [9.17, 15) is 24.6 Å². The lowest BCUT2D eigenvalue weighted by molar-refractivity contribution is -0.144. The first-order chi connectivity index (χ1) is 15.9. The van der Waals surface area contributed by atoms with Gasteiger partial charge in [-0.25, -0.2) is 4.79 Å². The summed E-state index contributed by atoms with van der Waals surface area (Å²) in [5.74, 6) is -0.855. The standard InChI is InChI=1S/C25H39N3O6/c1-7-9-16(3)26-22(31)21(17-10-8-11-18(30)13-17)28(20-12-15(20)2)23(32)19(14-29)27-24(33)34-25(4,5)6/h8,10-11,13,15-16,19-21,29-30H,7,9,12,14H2,1-6H3,(H,26,31)(H,27,33). The van der Waals surface area contributed by atoms with Crippen LogP contribution in [0.25, 0.3) is 0 Å². The number of hydrogen-bond acceptors (Lipinski definition) is 6. The highest BCUT2D eigenvalue weighted by Gasteiger charge is 2.48. The van der Waals surface area contributed by atoms with E-state index in [1.165, 1.54) is 17.0 Å². The van der Waals surface area contributed by atoms with Gasteiger partial charge >= 0.3 is 6.09 Å². The van der Waals surface area contributed by atoms with E-state index in [2.05, 4.69) is 10.6 Å². The zero-order valence-corrected chi connectivity index (χ0v) is 21.0. The monoisotopic (exact) mass is 477 g/mol. The Morgan fingerprint density at radius 1 is 1.24 bits per heavy atom. The Kier molecular flexibility index (Phi) is 9.32. The van der Waals surface area contributed by atoms with E-state index in [4.69, 9.17) is 4.74 Å². The first-order valence-corrected chi connectivity index (χ1v) is 11.9. The second-order valence-electron chi connectivity index (χ2n) is 10.1. The first kappa shape index (κ1) is 27.4. The molecule has 0 radical (unpaired) electrons. The quantitative estimate of drug-likeness (QED) is 0.410. The van der Waals surface area contributed by atoms with Crippen molar-refractivity contribution in [2.75, 3.05) is 6.61 Å². The summed E-state index contributed by atoms with van der Waals surface area (Å²) in [5, 5.41) is 25.4. The SMILES string of the molecule is CCCC(C)NC(=O)C(c1cccc(O)c1)N(C(=O)C(CO)NC(=O)OC(C)(C)C)C1CC1C. The fourth-order valence-corrected chi connectivity index (χ4v) is 3.95. The topological polar surface area (TPSA) is 128 Å². The third-order valence-corrected chi connectivity index (χ3v) is 5.67. The van der Waals surface area contributed by atoms with Gasteiger partial charge in [0.2, 0.25) is 11.8 Å². The molecule has 1 saturated carbocycles. The fourth-order valence-electron chi connectivity index (χ4n) is 3.95. The third-order valence-electron chi connectivity index (χ3n) is 5.67. The van der Waals surface area contributed by atoms with Gasteiger partial charge in [0, 0.05) is 12.1 Å². The van der Waals surface area contributed by atoms with Gasteiger partial charge in [-0.1, -0.05) is 32.4 Å². The number of amides is 3. The second-order valence-corrected chi connectivity index (χ2v) is 10.1. The maximum absolute atomic E-state index is 13.7. The number of benzene rings is 1. The second kappa shape index (κ2) is 11.6. The Morgan fingerprint density at radius 3 is 2.38 bits per heavy atom. The molecule has 1 fully saturated rings. The highest BCUT2D eigenvalue weighted by Crippen LogP contribution is 2.41. The number of hydrogen-bond donors (Lipinski definition) is 4. The molecular weight excluding hydrogens is 438 g/mol. The lowest BCUT2D eigenvalue weighted by Crippen LogP contribution is -2.55. The number of phenols is 1. The van der Waals surface area contributed by atoms with E-state index in [1.54, 1.807) is 32.9 Å². The largest absolute Gasteiger partial charge is 0.508 e. The molecule has 4 N–H and O–H groups in total. The van der Waals surface area contributed by atoms with E-state index in [0.29, 0.717) is 12.0 Å². The molecule has 0 spiro atoms. The number of alkyl carbamates (subject to hydrolysis) is 1. The van der Waals surface area contributed by atoms with Crippen molar-refractivity contribution < 1.29 is 29.3 Å². The van der Waals surface area contributed by atoms with Gasteiger partial charge < -0.3 is 30.5 Å². The Hall–Kier alpha value is -2.81. The molecule has 1 aromatic carbocycles. The number of aliphatic hydroxyl groups is 1. The van der Waals surface area contributed by atoms with Crippen LogP contribution in [-0.2, 0) is 14.3 Å². The van der Waals surface area contributed by atoms with Crippen molar-refractivity contribution in [1.29, 1.82) is 0 Å². The van der Waals surface area contributed by atoms with Crippen LogP contribution in [0.2, 0.25) is 0 Å². The van der Waals surface area contributed by atoms with Crippen LogP contribution in [0.4, 0.5) is 4.79 Å². The van der Waals surface area contributed by atoms with Gasteiger partial charge in [-0.15, -0.1) is 0 Å². The lowest BCUT2D eigenvalue weighted by Gasteiger charge is -2.35. The molecule has 1 aliphatic carbocycles. The zero-order chi connectivity index (χ0) is 25.6. The van der Waals surface area contributed by atoms with Crippen LogP contribution in [0.15, 0.2) is 24.3 Å². The number of aliphatic hydroxyl groups excluding tert-OH is 1. The number of nitrogens with one attached hydrogen (secondary N) is 2. The first-order valence-electron chi connectivity index (χ1n) is 11.9. The summed E-state index contributed by atoms with van der Waals surface area (Å²) in [4.78, 5) is 40.9. The minimum Gasteiger partial charge on any atom is -0.508 e. The summed E-state index contributed by atoms with van der Waals surface area (Å²) < 4.78 is 5.24. The lowest BCUT2D eigenvalue weighted by atomic mass is 10.0. The van der Waals surface area contributed by atoms with Crippen LogP contribution in [-0.4, -0.2) is 63.4 Å². The summed E-state index contributed by atoms with van der Waals surface area (Å²) >= 11 is 0. The van der Waals surface area contributed by atoms with Gasteiger partial charge in [0.1, 0.15) is 23.4 Å². The van der Waals surface area contributed by atoms with Crippen molar-refractivity contribution >= 4 is 17.9 Å². The molecule has 34 heavy (non-hydrogen) atoms. The van der Waals surface area contributed by atoms with E-state index in [0.717, 1.165) is 12.8 Å². The van der Waals surface area contributed by atoms with Crippen LogP contribution in [0.1, 0.15) is 72.4 Å². The normalized spacial score (nSPS) is 20.0. The third kappa shape index (κ3) is 7.62. The summed E-state index contributed by atoms with van der Waals surface area (Å²) in [6.07, 6.45) is 1.50. The van der Waals surface area contributed by atoms with Gasteiger partial charge in [-0.3, -0.25) is 9.59 Å². The molecule has 0 aromatic heterocycles. The molecule has 0 saturated heterocycles. The number of phenolic OH excluding ortho intramolecular Hbond substituents is 1. The molecular formula is C25H39N3O6. The van der Waals surface area contributed by atoms with Gasteiger partial charge in [0.15, 0.2) is 0 Å². The van der Waals surface area contributed by atoms with Crippen molar-refractivity contribution in [2.24, 2.45) is 5.92 Å². The Balaban J connectivity index is 2.42. The van der Waals surface area contributed by atoms with Crippen LogP contribution in [0.5, 0.6) is 5.75 Å². The average Bonchev–Trinajstić information content (AvgIpc) is 3.44. The number of rotatable bonds is 10. The van der Waals surface area contributed by atoms with Crippen molar-refractivity contribution in [3.05, 3.63) is 29.8 Å². The number of ether oxygens (including phenoxy) is 1. The Bertz CT molecular complexity index is 868. The summed E-state index contributed by atoms with van der Waals surface area (Å²) in [5.41, 5.74) is -0.334. The molecule has 190 valence electrons. The highest BCUT2D eigenvalue weighted by atomic mass is 16.6. The molecule has 9 heteroatoms. The number of carbonyl (C=O) groups is 3. The van der Waals surface area contributed by atoms with Crippen LogP contribution in [0, 0.1) is 5.92 Å². The van der Waals surface area contributed by atoms with Crippen LogP contribution >= 0.6 is 0 Å². The smallest absolute Gasteiger partial charge is 0.408 e. The highest BCUT2D eigenvalue weighted by molar-refractivity contribution is 5.92. The average molecular weight is 478 g/mol. The van der Waals surface area contributed by atoms with E-state index in [-0.39, 0.29) is 29.7 Å². The van der Waals surface area contributed by atoms with Crippen LogP contribution < -0.4 is 10.6 Å².